The van der Waals surface area contributed by atoms with Gasteiger partial charge >= 0.3 is 0 Å². The summed E-state index contributed by atoms with van der Waals surface area (Å²) in [4.78, 5) is 0. The molecule has 0 fully saturated rings. The first kappa shape index (κ1) is 10.9. The smallest absolute Gasteiger partial charge is 0.0223 e. The van der Waals surface area contributed by atoms with Gasteiger partial charge in [0.25, 0.3) is 0 Å². The highest BCUT2D eigenvalue weighted by Gasteiger charge is 1.99. The number of rotatable bonds is 0. The Morgan fingerprint density at radius 1 is 1.20 bits per heavy atom. The van der Waals surface area contributed by atoms with Crippen LogP contribution < -0.4 is 0 Å². The molecule has 10 heavy (non-hydrogen) atoms. The fraction of sp³-hybridized carbons (Fsp3) is 0.375. The Labute approximate surface area is 90.4 Å². The number of halogens is 2. The summed E-state index contributed by atoms with van der Waals surface area (Å²) in [7, 11) is 0. The van der Waals surface area contributed by atoms with Crippen LogP contribution >= 0.6 is 45.2 Å². The van der Waals surface area contributed by atoms with E-state index in [1.165, 1.54) is 7.16 Å². The molecule has 0 aromatic carbocycles. The van der Waals surface area contributed by atoms with E-state index in [0.717, 1.165) is 6.42 Å². The maximum Gasteiger partial charge on any atom is 0.0223 e. The lowest BCUT2D eigenvalue weighted by Gasteiger charge is -2.01. The third-order valence-corrected chi connectivity index (χ3v) is 3.92. The van der Waals surface area contributed by atoms with E-state index in [9.17, 15) is 0 Å². The van der Waals surface area contributed by atoms with Crippen LogP contribution in [0.4, 0.5) is 0 Å². The average molecular weight is 361 g/mol. The first-order valence-corrected chi connectivity index (χ1v) is 5.51. The molecule has 0 aromatic rings. The van der Waals surface area contributed by atoms with Gasteiger partial charge in [-0.3, -0.25) is 0 Å². The zero-order valence-corrected chi connectivity index (χ0v) is 10.5. The minimum atomic E-state index is 1.10. The van der Waals surface area contributed by atoms with Crippen LogP contribution in [-0.2, 0) is 0 Å². The molecule has 0 bridgehead atoms. The van der Waals surface area contributed by atoms with Gasteiger partial charge in [0.2, 0.25) is 0 Å². The average Bonchev–Trinajstić information content (AvgIpc) is 2.00. The van der Waals surface area contributed by atoms with Gasteiger partial charge in [0, 0.05) is 7.16 Å². The molecule has 1 aliphatic carbocycles. The van der Waals surface area contributed by atoms with Gasteiger partial charge in [0.1, 0.15) is 0 Å². The lowest BCUT2D eigenvalue weighted by molar-refractivity contribution is 1.26. The predicted molar refractivity (Wildman–Crippen MR) is 64.5 cm³/mol. The SMILES string of the molecule is CC.IC1=C[CH]CC=C1I. The van der Waals surface area contributed by atoms with Crippen molar-refractivity contribution in [2.24, 2.45) is 0 Å². The zero-order chi connectivity index (χ0) is 7.98. The fourth-order valence-electron chi connectivity index (χ4n) is 0.520. The molecule has 0 nitrogen and oxygen atoms in total. The molecule has 0 saturated heterocycles. The van der Waals surface area contributed by atoms with E-state index in [0.29, 0.717) is 0 Å². The van der Waals surface area contributed by atoms with Crippen molar-refractivity contribution in [3.05, 3.63) is 25.7 Å². The lowest BCUT2D eigenvalue weighted by Crippen LogP contribution is -1.80. The minimum Gasteiger partial charge on any atom is -0.0695 e. The van der Waals surface area contributed by atoms with Crippen molar-refractivity contribution in [3.8, 4) is 0 Å². The summed E-state index contributed by atoms with van der Waals surface area (Å²) in [6, 6.07) is 0. The molecule has 2 heteroatoms. The van der Waals surface area contributed by atoms with E-state index in [-0.39, 0.29) is 0 Å². The van der Waals surface area contributed by atoms with Crippen molar-refractivity contribution >= 4 is 45.2 Å². The van der Waals surface area contributed by atoms with Gasteiger partial charge in [-0.15, -0.1) is 0 Å². The molecular formula is C8H11I2. The van der Waals surface area contributed by atoms with Gasteiger partial charge < -0.3 is 0 Å². The van der Waals surface area contributed by atoms with Crippen molar-refractivity contribution in [3.63, 3.8) is 0 Å². The molecule has 0 aliphatic heterocycles. The van der Waals surface area contributed by atoms with Crippen molar-refractivity contribution in [2.75, 3.05) is 0 Å². The van der Waals surface area contributed by atoms with Crippen molar-refractivity contribution in [1.82, 2.24) is 0 Å². The van der Waals surface area contributed by atoms with E-state index in [1.807, 2.05) is 13.8 Å². The molecule has 0 heterocycles. The molecular weight excluding hydrogens is 350 g/mol. The minimum absolute atomic E-state index is 1.10. The Bertz CT molecular complexity index is 127. The topological polar surface area (TPSA) is 0 Å². The molecule has 0 unspecified atom stereocenters. The van der Waals surface area contributed by atoms with Crippen LogP contribution in [0.15, 0.2) is 19.3 Å². The third kappa shape index (κ3) is 3.95. The second-order valence-corrected chi connectivity index (χ2v) is 3.86. The molecule has 0 saturated carbocycles. The van der Waals surface area contributed by atoms with Crippen LogP contribution in [0.5, 0.6) is 0 Å². The highest BCUT2D eigenvalue weighted by Crippen LogP contribution is 2.28. The van der Waals surface area contributed by atoms with Crippen molar-refractivity contribution in [1.29, 1.82) is 0 Å². The molecule has 0 amide bonds. The molecule has 0 spiro atoms. The van der Waals surface area contributed by atoms with Gasteiger partial charge in [-0.05, 0) is 58.0 Å². The molecule has 0 aromatic heterocycles. The summed E-state index contributed by atoms with van der Waals surface area (Å²) in [5, 5.41) is 0. The van der Waals surface area contributed by atoms with Crippen LogP contribution in [0.25, 0.3) is 0 Å². The summed E-state index contributed by atoms with van der Waals surface area (Å²) < 4.78 is 2.74. The summed E-state index contributed by atoms with van der Waals surface area (Å²) >= 11 is 4.68. The van der Waals surface area contributed by atoms with E-state index in [1.54, 1.807) is 0 Å². The maximum atomic E-state index is 2.35. The maximum absolute atomic E-state index is 2.35. The molecule has 1 aliphatic rings. The summed E-state index contributed by atoms with van der Waals surface area (Å²) in [5.74, 6) is 0. The van der Waals surface area contributed by atoms with Crippen molar-refractivity contribution in [2.45, 2.75) is 20.3 Å². The first-order chi connectivity index (χ1) is 4.80. The van der Waals surface area contributed by atoms with Gasteiger partial charge in [-0.1, -0.05) is 26.0 Å². The van der Waals surface area contributed by atoms with Gasteiger partial charge in [-0.2, -0.15) is 0 Å². The van der Waals surface area contributed by atoms with Crippen molar-refractivity contribution < 1.29 is 0 Å². The molecule has 1 rings (SSSR count). The normalized spacial score (nSPS) is 16.4. The second kappa shape index (κ2) is 6.64. The monoisotopic (exact) mass is 361 g/mol. The summed E-state index contributed by atoms with van der Waals surface area (Å²) in [6.45, 7) is 4.00. The molecule has 0 atom stereocenters. The Hall–Kier alpha value is 0.940. The predicted octanol–water partition coefficient (Wildman–Crippen LogP) is 4.26. The van der Waals surface area contributed by atoms with Crippen LogP contribution in [0.1, 0.15) is 20.3 Å². The largest absolute Gasteiger partial charge is 0.0695 e. The fourth-order valence-corrected chi connectivity index (χ4v) is 1.43. The standard InChI is InChI=1S/C6H5I2.C2H6/c7-5-3-1-2-4-6(5)8;1-2/h1,3-4H,2H2;1-2H3. The second-order valence-electron chi connectivity index (χ2n) is 1.54. The van der Waals surface area contributed by atoms with Gasteiger partial charge in [0.05, 0.1) is 0 Å². The van der Waals surface area contributed by atoms with E-state index in [2.05, 4.69) is 63.8 Å². The first-order valence-electron chi connectivity index (χ1n) is 3.36. The van der Waals surface area contributed by atoms with E-state index < -0.39 is 0 Å². The van der Waals surface area contributed by atoms with Gasteiger partial charge in [0.15, 0.2) is 0 Å². The highest BCUT2D eigenvalue weighted by molar-refractivity contribution is 14.1. The molecule has 1 radical (unpaired) electrons. The quantitative estimate of drug-likeness (QED) is 0.566. The Kier molecular flexibility index (Phi) is 7.26. The van der Waals surface area contributed by atoms with Crippen LogP contribution in [0.3, 0.4) is 0 Å². The van der Waals surface area contributed by atoms with Gasteiger partial charge in [-0.25, -0.2) is 0 Å². The Balaban J connectivity index is 0.000000371. The van der Waals surface area contributed by atoms with E-state index in [4.69, 9.17) is 0 Å². The van der Waals surface area contributed by atoms with Crippen LogP contribution in [0, 0.1) is 6.42 Å². The Morgan fingerprint density at radius 3 is 2.10 bits per heavy atom. The van der Waals surface area contributed by atoms with Crippen LogP contribution in [0.2, 0.25) is 0 Å². The zero-order valence-electron chi connectivity index (χ0n) is 6.20. The number of hydrogen-bond donors (Lipinski definition) is 0. The molecule has 57 valence electrons. The lowest BCUT2D eigenvalue weighted by atomic mass is 10.2. The summed E-state index contributed by atoms with van der Waals surface area (Å²) in [6.07, 6.45) is 7.65. The third-order valence-electron chi connectivity index (χ3n) is 0.925. The molecule has 0 N–H and O–H groups in total. The summed E-state index contributed by atoms with van der Waals surface area (Å²) in [5.41, 5.74) is 0. The van der Waals surface area contributed by atoms with Crippen LogP contribution in [-0.4, -0.2) is 0 Å². The Morgan fingerprint density at radius 2 is 1.80 bits per heavy atom. The van der Waals surface area contributed by atoms with E-state index >= 15 is 0 Å². The number of hydrogen-bond acceptors (Lipinski definition) is 0. The highest BCUT2D eigenvalue weighted by atomic mass is 127. The number of allylic oxidation sites excluding steroid dienone is 4.